The van der Waals surface area contributed by atoms with Crippen molar-refractivity contribution < 1.29 is 26.8 Å². The molecule has 0 saturated heterocycles. The lowest BCUT2D eigenvalue weighted by molar-refractivity contribution is 0.0239. The van der Waals surface area contributed by atoms with Crippen LogP contribution in [0.4, 0.5) is 0 Å². The van der Waals surface area contributed by atoms with Gasteiger partial charge in [-0.1, -0.05) is 18.2 Å². The zero-order valence-corrected chi connectivity index (χ0v) is 13.8. The molecule has 0 aliphatic rings. The molecule has 0 aliphatic heterocycles. The van der Waals surface area contributed by atoms with Crippen LogP contribution in [0, 0.1) is 0 Å². The van der Waals surface area contributed by atoms with Gasteiger partial charge in [-0.15, -0.1) is 10.2 Å². The molecule has 130 valence electrons. The fourth-order valence-corrected chi connectivity index (χ4v) is 2.41. The fraction of sp³-hybridized carbons (Fsp3) is 0.133. The Bertz CT molecular complexity index is 993. The molecule has 0 aliphatic carbocycles. The maximum atomic E-state index is 12.0. The molecular weight excluding hydrogens is 350 g/mol. The Morgan fingerprint density at radius 2 is 1.84 bits per heavy atom. The summed E-state index contributed by atoms with van der Waals surface area (Å²) in [7, 11) is -4.04. The van der Waals surface area contributed by atoms with Gasteiger partial charge in [0.1, 0.15) is 0 Å². The van der Waals surface area contributed by atoms with E-state index in [0.29, 0.717) is 0 Å². The van der Waals surface area contributed by atoms with Gasteiger partial charge in [0, 0.05) is 5.56 Å². The molecule has 10 heteroatoms. The summed E-state index contributed by atoms with van der Waals surface area (Å²) in [5.41, 5.74) is 0.726. The van der Waals surface area contributed by atoms with Crippen molar-refractivity contribution in [3.05, 3.63) is 54.1 Å². The Morgan fingerprint density at radius 3 is 2.48 bits per heavy atom. The summed E-state index contributed by atoms with van der Waals surface area (Å²) in [6.45, 7) is 1.53. The highest BCUT2D eigenvalue weighted by molar-refractivity contribution is 7.89. The van der Waals surface area contributed by atoms with Gasteiger partial charge in [0.05, 0.1) is 0 Å². The number of carbonyl (C=O) groups excluding carboxylic acids is 1. The number of ether oxygens (including phenoxy) is 1. The molecule has 3 rings (SSSR count). The minimum absolute atomic E-state index is 0.0884. The molecule has 0 radical (unpaired) electrons. The van der Waals surface area contributed by atoms with Crippen molar-refractivity contribution in [1.29, 1.82) is 0 Å². The van der Waals surface area contributed by atoms with E-state index in [4.69, 9.17) is 18.7 Å². The van der Waals surface area contributed by atoms with E-state index in [1.165, 1.54) is 6.92 Å². The van der Waals surface area contributed by atoms with Crippen LogP contribution in [0.25, 0.3) is 11.5 Å². The highest BCUT2D eigenvalue weighted by atomic mass is 32.2. The fourth-order valence-electron chi connectivity index (χ4n) is 1.95. The highest BCUT2D eigenvalue weighted by Gasteiger charge is 2.23. The lowest BCUT2D eigenvalue weighted by Gasteiger charge is -2.07. The lowest BCUT2D eigenvalue weighted by Crippen LogP contribution is -2.11. The normalized spacial score (nSPS) is 12.7. The van der Waals surface area contributed by atoms with Gasteiger partial charge in [-0.05, 0) is 31.2 Å². The monoisotopic (exact) mass is 363 g/mol. The van der Waals surface area contributed by atoms with E-state index in [-0.39, 0.29) is 17.5 Å². The minimum Gasteiger partial charge on any atom is -0.447 e. The van der Waals surface area contributed by atoms with Crippen molar-refractivity contribution in [1.82, 2.24) is 10.2 Å². The Labute approximate surface area is 142 Å². The summed E-state index contributed by atoms with van der Waals surface area (Å²) in [5.74, 6) is -0.820. The molecular formula is C15H13N3O6S. The predicted octanol–water partition coefficient (Wildman–Crippen LogP) is 1.90. The molecule has 2 heterocycles. The number of carbonyl (C=O) groups is 1. The second-order valence-corrected chi connectivity index (χ2v) is 6.52. The minimum atomic E-state index is -4.04. The van der Waals surface area contributed by atoms with Crippen LogP contribution in [-0.2, 0) is 14.8 Å². The van der Waals surface area contributed by atoms with Crippen molar-refractivity contribution in [2.24, 2.45) is 5.14 Å². The Hall–Kier alpha value is -2.98. The molecule has 1 aromatic carbocycles. The first-order chi connectivity index (χ1) is 11.8. The number of aromatic nitrogens is 2. The summed E-state index contributed by atoms with van der Waals surface area (Å²) in [5, 5.41) is 12.1. The number of primary sulfonamides is 1. The van der Waals surface area contributed by atoms with Crippen molar-refractivity contribution >= 4 is 16.0 Å². The summed E-state index contributed by atoms with van der Waals surface area (Å²) in [4.78, 5) is 12.0. The van der Waals surface area contributed by atoms with E-state index >= 15 is 0 Å². The molecule has 1 unspecified atom stereocenters. The Morgan fingerprint density at radius 1 is 1.12 bits per heavy atom. The van der Waals surface area contributed by atoms with Crippen LogP contribution in [0.1, 0.15) is 29.5 Å². The average molecular weight is 363 g/mol. The molecule has 9 nitrogen and oxygen atoms in total. The van der Waals surface area contributed by atoms with Gasteiger partial charge in [-0.2, -0.15) is 0 Å². The first kappa shape index (κ1) is 16.9. The Balaban J connectivity index is 1.72. The first-order valence-corrected chi connectivity index (χ1v) is 8.61. The third kappa shape index (κ3) is 3.75. The van der Waals surface area contributed by atoms with Crippen molar-refractivity contribution in [3.63, 3.8) is 0 Å². The van der Waals surface area contributed by atoms with Crippen molar-refractivity contribution in [2.75, 3.05) is 0 Å². The van der Waals surface area contributed by atoms with Crippen LogP contribution < -0.4 is 5.14 Å². The highest BCUT2D eigenvalue weighted by Crippen LogP contribution is 2.23. The summed E-state index contributed by atoms with van der Waals surface area (Å²) < 4.78 is 37.8. The number of nitrogens with zero attached hydrogens (tertiary/aromatic N) is 2. The molecule has 0 saturated carbocycles. The smallest absolute Gasteiger partial charge is 0.375 e. The molecule has 0 amide bonds. The molecule has 0 bridgehead atoms. The quantitative estimate of drug-likeness (QED) is 0.678. The number of sulfonamides is 1. The van der Waals surface area contributed by atoms with Crippen LogP contribution in [0.15, 0.2) is 56.4 Å². The van der Waals surface area contributed by atoms with E-state index in [0.717, 1.165) is 17.7 Å². The van der Waals surface area contributed by atoms with Gasteiger partial charge >= 0.3 is 5.97 Å². The molecule has 2 aromatic heterocycles. The van der Waals surface area contributed by atoms with Crippen molar-refractivity contribution in [2.45, 2.75) is 18.1 Å². The van der Waals surface area contributed by atoms with Crippen LogP contribution in [-0.4, -0.2) is 24.6 Å². The third-order valence-corrected chi connectivity index (χ3v) is 3.94. The average Bonchev–Trinajstić information content (AvgIpc) is 3.25. The maximum absolute atomic E-state index is 12.0. The summed E-state index contributed by atoms with van der Waals surface area (Å²) in [6.07, 6.45) is -0.861. The maximum Gasteiger partial charge on any atom is 0.375 e. The number of furan rings is 1. The number of benzene rings is 1. The van der Waals surface area contributed by atoms with Crippen LogP contribution >= 0.6 is 0 Å². The molecule has 25 heavy (non-hydrogen) atoms. The van der Waals surface area contributed by atoms with E-state index in [1.54, 1.807) is 12.1 Å². The third-order valence-electron chi connectivity index (χ3n) is 3.16. The summed E-state index contributed by atoms with van der Waals surface area (Å²) >= 11 is 0. The topological polar surface area (TPSA) is 139 Å². The van der Waals surface area contributed by atoms with Gasteiger partial charge in [0.15, 0.2) is 6.10 Å². The van der Waals surface area contributed by atoms with Crippen LogP contribution in [0.5, 0.6) is 0 Å². The number of hydrogen-bond acceptors (Lipinski definition) is 8. The van der Waals surface area contributed by atoms with Gasteiger partial charge < -0.3 is 13.6 Å². The summed E-state index contributed by atoms with van der Waals surface area (Å²) in [6, 6.07) is 11.3. The molecule has 3 aromatic rings. The standard InChI is InChI=1S/C15H13N3O6S/c1-9(13-17-18-14(24-13)10-5-3-2-4-6-10)22-15(19)11-7-8-12(23-11)25(16,20)21/h2-9H,1H3,(H2,16,20,21). The van der Waals surface area contributed by atoms with E-state index in [2.05, 4.69) is 10.2 Å². The zero-order chi connectivity index (χ0) is 18.0. The zero-order valence-electron chi connectivity index (χ0n) is 12.9. The largest absolute Gasteiger partial charge is 0.447 e. The first-order valence-electron chi connectivity index (χ1n) is 7.07. The lowest BCUT2D eigenvalue weighted by atomic mass is 10.2. The molecule has 0 spiro atoms. The van der Waals surface area contributed by atoms with Gasteiger partial charge in [-0.25, -0.2) is 18.4 Å². The molecule has 1 atom stereocenters. The van der Waals surface area contributed by atoms with E-state index in [9.17, 15) is 13.2 Å². The Kier molecular flexibility index (Phi) is 4.38. The second kappa shape index (κ2) is 6.49. The van der Waals surface area contributed by atoms with E-state index in [1.807, 2.05) is 18.2 Å². The molecule has 0 fully saturated rings. The number of hydrogen-bond donors (Lipinski definition) is 1. The number of nitrogens with two attached hydrogens (primary N) is 1. The number of esters is 1. The van der Waals surface area contributed by atoms with Crippen molar-refractivity contribution in [3.8, 4) is 11.5 Å². The van der Waals surface area contributed by atoms with Gasteiger partial charge in [0.2, 0.25) is 16.7 Å². The molecule has 2 N–H and O–H groups in total. The van der Waals surface area contributed by atoms with Gasteiger partial charge in [-0.3, -0.25) is 0 Å². The predicted molar refractivity (Wildman–Crippen MR) is 83.6 cm³/mol. The van der Waals surface area contributed by atoms with Crippen LogP contribution in [0.3, 0.4) is 0 Å². The van der Waals surface area contributed by atoms with Crippen LogP contribution in [0.2, 0.25) is 0 Å². The SMILES string of the molecule is CC(OC(=O)c1ccc(S(N)(=O)=O)o1)c1nnc(-c2ccccc2)o1. The second-order valence-electron chi connectivity index (χ2n) is 5.02. The number of rotatable bonds is 5. The van der Waals surface area contributed by atoms with E-state index < -0.39 is 27.2 Å². The van der Waals surface area contributed by atoms with Gasteiger partial charge in [0.25, 0.3) is 15.9 Å².